The molecule has 0 aliphatic carbocycles. The molecule has 4 aromatic rings. The number of primary amides is 1. The smallest absolute Gasteiger partial charge is 0.248 e. The molecule has 0 saturated carbocycles. The number of amides is 1. The van der Waals surface area contributed by atoms with Crippen LogP contribution in [0.5, 0.6) is 0 Å². The monoisotopic (exact) mass is 441 g/mol. The summed E-state index contributed by atoms with van der Waals surface area (Å²) in [5, 5.41) is 4.74. The van der Waals surface area contributed by atoms with Crippen molar-refractivity contribution >= 4 is 17.2 Å². The predicted octanol–water partition coefficient (Wildman–Crippen LogP) is 2.54. The number of anilines is 1. The first kappa shape index (κ1) is 21.1. The molecular formula is C25H27N7O. The van der Waals surface area contributed by atoms with Crippen LogP contribution in [0.2, 0.25) is 0 Å². The minimum Gasteiger partial charge on any atom is -0.369 e. The first-order valence-electron chi connectivity index (χ1n) is 11.1. The van der Waals surface area contributed by atoms with Gasteiger partial charge < -0.3 is 15.5 Å². The van der Waals surface area contributed by atoms with Crippen molar-refractivity contribution in [2.24, 2.45) is 5.73 Å². The average Bonchev–Trinajstić information content (AvgIpc) is 3.22. The second-order valence-electron chi connectivity index (χ2n) is 8.62. The summed E-state index contributed by atoms with van der Waals surface area (Å²) >= 11 is 0. The molecule has 33 heavy (non-hydrogen) atoms. The van der Waals surface area contributed by atoms with Crippen molar-refractivity contribution in [2.75, 3.05) is 38.1 Å². The van der Waals surface area contributed by atoms with Crippen molar-refractivity contribution in [1.82, 2.24) is 24.5 Å². The molecule has 1 fully saturated rings. The fraction of sp³-hybridized carbons (Fsp3) is 0.280. The molecule has 1 amide bonds. The Labute approximate surface area is 192 Å². The van der Waals surface area contributed by atoms with Gasteiger partial charge in [-0.2, -0.15) is 5.10 Å². The van der Waals surface area contributed by atoms with E-state index in [9.17, 15) is 4.79 Å². The number of fused-ring (bicyclic) bond motifs is 1. The van der Waals surface area contributed by atoms with E-state index in [-0.39, 0.29) is 0 Å². The number of carbonyl (C=O) groups is 1. The minimum atomic E-state index is -0.466. The summed E-state index contributed by atoms with van der Waals surface area (Å²) in [5.41, 5.74) is 11.9. The summed E-state index contributed by atoms with van der Waals surface area (Å²) < 4.78 is 1.77. The molecule has 5 rings (SSSR count). The van der Waals surface area contributed by atoms with E-state index in [1.54, 1.807) is 35.1 Å². The van der Waals surface area contributed by atoms with Gasteiger partial charge in [0.05, 0.1) is 18.1 Å². The quantitative estimate of drug-likeness (QED) is 0.512. The van der Waals surface area contributed by atoms with Crippen molar-refractivity contribution in [2.45, 2.75) is 13.3 Å². The van der Waals surface area contributed by atoms with Crippen LogP contribution in [0.4, 0.5) is 5.69 Å². The summed E-state index contributed by atoms with van der Waals surface area (Å²) in [6, 6.07) is 13.8. The normalized spacial score (nSPS) is 14.7. The van der Waals surface area contributed by atoms with Crippen molar-refractivity contribution in [1.29, 1.82) is 0 Å². The molecule has 2 aromatic carbocycles. The molecule has 0 unspecified atom stereocenters. The maximum atomic E-state index is 11.6. The third-order valence-electron chi connectivity index (χ3n) is 6.20. The SMILES string of the molecule is Cc1cc(Cc2nc3cncc(-c4cccc(C(N)=O)c4)n3n2)ccc1N1CCN(C)CC1. The number of aromatic nitrogens is 4. The largest absolute Gasteiger partial charge is 0.369 e. The molecule has 0 radical (unpaired) electrons. The number of rotatable bonds is 5. The third kappa shape index (κ3) is 4.29. The first-order valence-corrected chi connectivity index (χ1v) is 11.1. The van der Waals surface area contributed by atoms with Gasteiger partial charge in [0.2, 0.25) is 5.91 Å². The van der Waals surface area contributed by atoms with Crippen LogP contribution in [0.25, 0.3) is 16.9 Å². The Morgan fingerprint density at radius 1 is 1.06 bits per heavy atom. The number of piperazine rings is 1. The Kier molecular flexibility index (Phi) is 5.51. The maximum absolute atomic E-state index is 11.6. The summed E-state index contributed by atoms with van der Waals surface area (Å²) in [7, 11) is 2.17. The molecule has 0 spiro atoms. The van der Waals surface area contributed by atoms with Crippen molar-refractivity contribution in [3.05, 3.63) is 77.4 Å². The molecule has 1 saturated heterocycles. The van der Waals surface area contributed by atoms with E-state index in [1.165, 1.54) is 16.8 Å². The highest BCUT2D eigenvalue weighted by molar-refractivity contribution is 5.94. The van der Waals surface area contributed by atoms with Gasteiger partial charge in [-0.05, 0) is 43.3 Å². The molecule has 3 heterocycles. The van der Waals surface area contributed by atoms with E-state index in [1.807, 2.05) is 6.07 Å². The molecule has 0 atom stereocenters. The highest BCUT2D eigenvalue weighted by Crippen LogP contribution is 2.24. The van der Waals surface area contributed by atoms with Crippen molar-refractivity contribution in [3.63, 3.8) is 0 Å². The van der Waals surface area contributed by atoms with E-state index in [0.29, 0.717) is 17.6 Å². The molecule has 2 N–H and O–H groups in total. The van der Waals surface area contributed by atoms with Gasteiger partial charge in [0, 0.05) is 49.4 Å². The number of aryl methyl sites for hydroxylation is 1. The van der Waals surface area contributed by atoms with Crippen LogP contribution in [0, 0.1) is 6.92 Å². The molecule has 1 aliphatic rings. The van der Waals surface area contributed by atoms with E-state index in [2.05, 4.69) is 51.9 Å². The lowest BCUT2D eigenvalue weighted by Gasteiger charge is -2.35. The number of likely N-dealkylation sites (N-methyl/N-ethyl adjacent to an activating group) is 1. The van der Waals surface area contributed by atoms with Crippen molar-refractivity contribution < 1.29 is 4.79 Å². The van der Waals surface area contributed by atoms with E-state index < -0.39 is 5.91 Å². The van der Waals surface area contributed by atoms with Crippen LogP contribution in [-0.2, 0) is 6.42 Å². The van der Waals surface area contributed by atoms with Gasteiger partial charge in [-0.15, -0.1) is 0 Å². The van der Waals surface area contributed by atoms with Gasteiger partial charge >= 0.3 is 0 Å². The number of nitrogens with zero attached hydrogens (tertiary/aromatic N) is 6. The highest BCUT2D eigenvalue weighted by Gasteiger charge is 2.17. The van der Waals surface area contributed by atoms with Crippen LogP contribution >= 0.6 is 0 Å². The van der Waals surface area contributed by atoms with Gasteiger partial charge in [-0.25, -0.2) is 9.50 Å². The van der Waals surface area contributed by atoms with Crippen LogP contribution in [-0.4, -0.2) is 63.6 Å². The summed E-state index contributed by atoms with van der Waals surface area (Å²) in [5.74, 6) is 0.258. The topological polar surface area (TPSA) is 92.6 Å². The third-order valence-corrected chi connectivity index (χ3v) is 6.20. The Hall–Kier alpha value is -3.78. The second kappa shape index (κ2) is 8.63. The predicted molar refractivity (Wildman–Crippen MR) is 128 cm³/mol. The summed E-state index contributed by atoms with van der Waals surface area (Å²) in [6.45, 7) is 6.45. The van der Waals surface area contributed by atoms with Crippen LogP contribution in [0.15, 0.2) is 54.9 Å². The maximum Gasteiger partial charge on any atom is 0.248 e. The van der Waals surface area contributed by atoms with Gasteiger partial charge in [0.25, 0.3) is 0 Å². The highest BCUT2D eigenvalue weighted by atomic mass is 16.1. The Morgan fingerprint density at radius 2 is 1.88 bits per heavy atom. The van der Waals surface area contributed by atoms with Crippen molar-refractivity contribution in [3.8, 4) is 11.3 Å². The lowest BCUT2D eigenvalue weighted by Crippen LogP contribution is -2.44. The standard InChI is InChI=1S/C25H27N7O/c1-17-12-18(6-7-21(17)31-10-8-30(2)9-11-31)13-23-28-24-16-27-15-22(32(24)29-23)19-4-3-5-20(14-19)25(26)33/h3-7,12,14-16H,8-11,13H2,1-2H3,(H2,26,33). The molecule has 8 nitrogen and oxygen atoms in total. The molecule has 0 bridgehead atoms. The van der Waals surface area contributed by atoms with E-state index in [4.69, 9.17) is 10.8 Å². The van der Waals surface area contributed by atoms with Crippen LogP contribution < -0.4 is 10.6 Å². The number of carbonyl (C=O) groups excluding carboxylic acids is 1. The lowest BCUT2D eigenvalue weighted by molar-refractivity contribution is 0.100. The zero-order valence-electron chi connectivity index (χ0n) is 18.9. The number of hydrogen-bond acceptors (Lipinski definition) is 6. The molecule has 168 valence electrons. The Bertz CT molecular complexity index is 1320. The average molecular weight is 442 g/mol. The summed E-state index contributed by atoms with van der Waals surface area (Å²) in [4.78, 5) is 25.4. The van der Waals surface area contributed by atoms with Gasteiger partial charge in [-0.1, -0.05) is 24.3 Å². The molecule has 8 heteroatoms. The second-order valence-corrected chi connectivity index (χ2v) is 8.62. The Balaban J connectivity index is 1.41. The van der Waals surface area contributed by atoms with Crippen LogP contribution in [0.3, 0.4) is 0 Å². The fourth-order valence-corrected chi connectivity index (χ4v) is 4.37. The van der Waals surface area contributed by atoms with Gasteiger partial charge in [-0.3, -0.25) is 9.78 Å². The lowest BCUT2D eigenvalue weighted by atomic mass is 10.1. The van der Waals surface area contributed by atoms with Gasteiger partial charge in [0.1, 0.15) is 0 Å². The Morgan fingerprint density at radius 3 is 2.64 bits per heavy atom. The number of nitrogens with two attached hydrogens (primary N) is 1. The zero-order chi connectivity index (χ0) is 22.9. The molecular weight excluding hydrogens is 414 g/mol. The molecule has 2 aromatic heterocycles. The minimum absolute atomic E-state index is 0.445. The number of hydrogen-bond donors (Lipinski definition) is 1. The van der Waals surface area contributed by atoms with Gasteiger partial charge in [0.15, 0.2) is 11.5 Å². The first-order chi connectivity index (χ1) is 16.0. The number of benzene rings is 2. The van der Waals surface area contributed by atoms with Crippen LogP contribution in [0.1, 0.15) is 27.3 Å². The van der Waals surface area contributed by atoms with E-state index in [0.717, 1.165) is 43.3 Å². The fourth-order valence-electron chi connectivity index (χ4n) is 4.37. The zero-order valence-corrected chi connectivity index (χ0v) is 18.9. The molecule has 1 aliphatic heterocycles. The summed E-state index contributed by atoms with van der Waals surface area (Å²) in [6.07, 6.45) is 4.05. The van der Waals surface area contributed by atoms with E-state index >= 15 is 0 Å².